The molecule has 1 heterocycles. The van der Waals surface area contributed by atoms with Crippen LogP contribution in [0.3, 0.4) is 0 Å². The van der Waals surface area contributed by atoms with Crippen molar-refractivity contribution in [2.45, 2.75) is 13.8 Å². The van der Waals surface area contributed by atoms with E-state index in [9.17, 15) is 9.90 Å². The molecule has 6 nitrogen and oxygen atoms in total. The number of aryl methyl sites for hydroxylation is 1. The first-order valence-electron chi connectivity index (χ1n) is 7.03. The average Bonchev–Trinajstić information content (AvgIpc) is 2.56. The Morgan fingerprint density at radius 2 is 2.21 bits per heavy atom. The summed E-state index contributed by atoms with van der Waals surface area (Å²) in [4.78, 5) is 16.0. The highest BCUT2D eigenvalue weighted by molar-refractivity contribution is 6.43. The number of carbonyl (C=O) groups is 1. The van der Waals surface area contributed by atoms with Gasteiger partial charge in [-0.25, -0.2) is 5.43 Å². The predicted octanol–water partition coefficient (Wildman–Crippen LogP) is 3.57. The maximum atomic E-state index is 11.9. The number of phenolic OH excluding ortho intramolecular Hbond substituents is 1. The summed E-state index contributed by atoms with van der Waals surface area (Å²) in [6.07, 6.45) is 2.64. The average molecular weight is 368 g/mol. The van der Waals surface area contributed by atoms with Crippen LogP contribution in [0.1, 0.15) is 28.5 Å². The van der Waals surface area contributed by atoms with Gasteiger partial charge in [0.1, 0.15) is 0 Å². The van der Waals surface area contributed by atoms with Gasteiger partial charge in [-0.1, -0.05) is 23.2 Å². The van der Waals surface area contributed by atoms with Gasteiger partial charge in [0.25, 0.3) is 5.91 Å². The largest absolute Gasteiger partial charge is 0.504 e. The normalized spacial score (nSPS) is 10.8. The third kappa shape index (κ3) is 4.15. The Bertz CT molecular complexity index is 777. The molecule has 2 aromatic rings. The zero-order chi connectivity index (χ0) is 17.7. The summed E-state index contributed by atoms with van der Waals surface area (Å²) >= 11 is 12.1. The molecule has 0 spiro atoms. The van der Waals surface area contributed by atoms with Crippen LogP contribution in [0.25, 0.3) is 0 Å². The number of aromatic nitrogens is 1. The molecular weight excluding hydrogens is 353 g/mol. The van der Waals surface area contributed by atoms with Gasteiger partial charge in [-0.2, -0.15) is 5.10 Å². The van der Waals surface area contributed by atoms with Gasteiger partial charge in [0.15, 0.2) is 11.5 Å². The number of halogens is 2. The van der Waals surface area contributed by atoms with Crippen LogP contribution in [0, 0.1) is 6.92 Å². The van der Waals surface area contributed by atoms with Crippen LogP contribution in [-0.2, 0) is 0 Å². The smallest absolute Gasteiger partial charge is 0.272 e. The van der Waals surface area contributed by atoms with Gasteiger partial charge >= 0.3 is 0 Å². The zero-order valence-electron chi connectivity index (χ0n) is 13.0. The summed E-state index contributed by atoms with van der Waals surface area (Å²) in [5.74, 6) is -0.468. The fourth-order valence-corrected chi connectivity index (χ4v) is 2.21. The molecule has 24 heavy (non-hydrogen) atoms. The minimum atomic E-state index is -0.443. The first kappa shape index (κ1) is 18.0. The van der Waals surface area contributed by atoms with Crippen molar-refractivity contribution in [3.63, 3.8) is 0 Å². The SMILES string of the molecule is CCOc1cc(Cl)c(Cl)c(/C=N\NC(=O)c2ccc(C)nc2)c1O. The number of hydrazone groups is 1. The van der Waals surface area contributed by atoms with E-state index < -0.39 is 5.91 Å². The van der Waals surface area contributed by atoms with E-state index in [4.69, 9.17) is 27.9 Å². The van der Waals surface area contributed by atoms with Crippen molar-refractivity contribution in [3.8, 4) is 11.5 Å². The fourth-order valence-electron chi connectivity index (χ4n) is 1.82. The number of pyridine rings is 1. The Morgan fingerprint density at radius 3 is 2.83 bits per heavy atom. The quantitative estimate of drug-likeness (QED) is 0.624. The summed E-state index contributed by atoms with van der Waals surface area (Å²) in [6.45, 7) is 3.94. The number of carbonyl (C=O) groups excluding carboxylic acids is 1. The van der Waals surface area contributed by atoms with Gasteiger partial charge in [0.05, 0.1) is 34.0 Å². The van der Waals surface area contributed by atoms with Crippen LogP contribution < -0.4 is 10.2 Å². The summed E-state index contributed by atoms with van der Waals surface area (Å²) in [5, 5.41) is 14.3. The first-order valence-corrected chi connectivity index (χ1v) is 7.79. The lowest BCUT2D eigenvalue weighted by Gasteiger charge is -2.10. The van der Waals surface area contributed by atoms with E-state index in [1.54, 1.807) is 19.1 Å². The Hall–Kier alpha value is -2.31. The minimum absolute atomic E-state index is 0.104. The topological polar surface area (TPSA) is 83.8 Å². The second-order valence-corrected chi connectivity index (χ2v) is 5.54. The van der Waals surface area contributed by atoms with Crippen molar-refractivity contribution in [2.24, 2.45) is 5.10 Å². The maximum Gasteiger partial charge on any atom is 0.272 e. The number of phenols is 1. The lowest BCUT2D eigenvalue weighted by atomic mass is 10.2. The zero-order valence-corrected chi connectivity index (χ0v) is 14.5. The highest BCUT2D eigenvalue weighted by atomic mass is 35.5. The molecule has 0 atom stereocenters. The molecule has 8 heteroatoms. The number of amides is 1. The number of ether oxygens (including phenoxy) is 1. The van der Waals surface area contributed by atoms with Crippen molar-refractivity contribution < 1.29 is 14.6 Å². The molecule has 1 aromatic carbocycles. The summed E-state index contributed by atoms with van der Waals surface area (Å²) in [7, 11) is 0. The van der Waals surface area contributed by atoms with Crippen LogP contribution in [0.2, 0.25) is 10.0 Å². The Morgan fingerprint density at radius 1 is 1.46 bits per heavy atom. The highest BCUT2D eigenvalue weighted by Gasteiger charge is 2.15. The van der Waals surface area contributed by atoms with Crippen LogP contribution in [0.15, 0.2) is 29.5 Å². The van der Waals surface area contributed by atoms with Crippen LogP contribution >= 0.6 is 23.2 Å². The maximum absolute atomic E-state index is 11.9. The van der Waals surface area contributed by atoms with Gasteiger partial charge in [0.2, 0.25) is 0 Å². The molecule has 0 aliphatic rings. The lowest BCUT2D eigenvalue weighted by Crippen LogP contribution is -2.17. The third-order valence-electron chi connectivity index (χ3n) is 3.03. The lowest BCUT2D eigenvalue weighted by molar-refractivity contribution is 0.0954. The van der Waals surface area contributed by atoms with E-state index in [2.05, 4.69) is 15.5 Å². The van der Waals surface area contributed by atoms with E-state index in [0.29, 0.717) is 12.2 Å². The molecule has 0 saturated heterocycles. The number of benzene rings is 1. The van der Waals surface area contributed by atoms with Gasteiger partial charge in [0, 0.05) is 18.0 Å². The number of hydrogen-bond acceptors (Lipinski definition) is 5. The van der Waals surface area contributed by atoms with Crippen LogP contribution in [-0.4, -0.2) is 28.8 Å². The van der Waals surface area contributed by atoms with Crippen molar-refractivity contribution in [1.29, 1.82) is 0 Å². The second kappa shape index (κ2) is 7.99. The molecule has 0 saturated carbocycles. The molecule has 0 bridgehead atoms. The van der Waals surface area contributed by atoms with Crippen LogP contribution in [0.5, 0.6) is 11.5 Å². The monoisotopic (exact) mass is 367 g/mol. The van der Waals surface area contributed by atoms with E-state index in [1.807, 2.05) is 6.92 Å². The summed E-state index contributed by atoms with van der Waals surface area (Å²) in [6, 6.07) is 4.76. The molecule has 0 unspecified atom stereocenters. The van der Waals surface area contributed by atoms with E-state index in [0.717, 1.165) is 5.69 Å². The number of hydrogen-bond donors (Lipinski definition) is 2. The number of aromatic hydroxyl groups is 1. The molecule has 1 aromatic heterocycles. The predicted molar refractivity (Wildman–Crippen MR) is 93.3 cm³/mol. The second-order valence-electron chi connectivity index (χ2n) is 4.75. The Kier molecular flexibility index (Phi) is 6.00. The van der Waals surface area contributed by atoms with E-state index in [1.165, 1.54) is 18.5 Å². The van der Waals surface area contributed by atoms with E-state index >= 15 is 0 Å². The number of nitrogens with zero attached hydrogens (tertiary/aromatic N) is 2. The van der Waals surface area contributed by atoms with Gasteiger partial charge in [-0.05, 0) is 26.0 Å². The third-order valence-corrected chi connectivity index (χ3v) is 3.83. The number of rotatable bonds is 5. The molecule has 1 amide bonds. The van der Waals surface area contributed by atoms with Crippen molar-refractivity contribution in [1.82, 2.24) is 10.4 Å². The number of nitrogens with one attached hydrogen (secondary N) is 1. The molecule has 0 aliphatic carbocycles. The summed E-state index contributed by atoms with van der Waals surface area (Å²) < 4.78 is 5.27. The van der Waals surface area contributed by atoms with E-state index in [-0.39, 0.29) is 27.1 Å². The molecule has 0 aliphatic heterocycles. The van der Waals surface area contributed by atoms with Gasteiger partial charge in [-0.3, -0.25) is 9.78 Å². The first-order chi connectivity index (χ1) is 11.4. The summed E-state index contributed by atoms with van der Waals surface area (Å²) in [5.41, 5.74) is 3.63. The molecule has 2 N–H and O–H groups in total. The van der Waals surface area contributed by atoms with Crippen molar-refractivity contribution in [3.05, 3.63) is 51.3 Å². The van der Waals surface area contributed by atoms with Gasteiger partial charge < -0.3 is 9.84 Å². The van der Waals surface area contributed by atoms with Crippen molar-refractivity contribution in [2.75, 3.05) is 6.61 Å². The minimum Gasteiger partial charge on any atom is -0.504 e. The highest BCUT2D eigenvalue weighted by Crippen LogP contribution is 2.39. The molecular formula is C16H15Cl2N3O3. The molecule has 2 rings (SSSR count). The van der Waals surface area contributed by atoms with Gasteiger partial charge in [-0.15, -0.1) is 0 Å². The van der Waals surface area contributed by atoms with Crippen molar-refractivity contribution >= 4 is 35.3 Å². The molecule has 126 valence electrons. The standard InChI is InChI=1S/C16H15Cl2N3O3/c1-3-24-13-6-12(17)14(18)11(15(13)22)8-20-21-16(23)10-5-4-9(2)19-7-10/h4-8,22H,3H2,1-2H3,(H,21,23)/b20-8-. The molecule has 0 fully saturated rings. The fraction of sp³-hybridized carbons (Fsp3) is 0.188. The Balaban J connectivity index is 2.19. The Labute approximate surface area is 149 Å². The molecule has 0 radical (unpaired) electrons. The van der Waals surface area contributed by atoms with Crippen LogP contribution in [0.4, 0.5) is 0 Å².